The number of nitrogens with zero attached hydrogens (tertiary/aromatic N) is 1. The second-order valence-corrected chi connectivity index (χ2v) is 12.8. The molecule has 6 rings (SSSR count). The van der Waals surface area contributed by atoms with Gasteiger partial charge in [0.05, 0.1) is 22.2 Å². The van der Waals surface area contributed by atoms with Crippen LogP contribution in [0, 0.1) is 12.8 Å². The number of hydrogen-bond donors (Lipinski definition) is 2. The predicted molar refractivity (Wildman–Crippen MR) is 161 cm³/mol. The summed E-state index contributed by atoms with van der Waals surface area (Å²) in [5.41, 5.74) is 0.717. The minimum atomic E-state index is -4.69. The number of thioether (sulfide) groups is 1. The van der Waals surface area contributed by atoms with Gasteiger partial charge in [-0.25, -0.2) is 4.90 Å². The number of aromatic amines is 1. The number of imide groups is 1. The molecular formula is C30H21ClF3N3O5S2. The summed E-state index contributed by atoms with van der Waals surface area (Å²) in [6.45, 7) is 1.51. The Balaban J connectivity index is 1.36. The van der Waals surface area contributed by atoms with Crippen molar-refractivity contribution >= 4 is 63.8 Å². The largest absolute Gasteiger partial charge is 0.483 e. The van der Waals surface area contributed by atoms with Crippen molar-refractivity contribution in [3.05, 3.63) is 103 Å². The molecule has 1 aromatic heterocycles. The molecule has 8 nitrogen and oxygen atoms in total. The van der Waals surface area contributed by atoms with Crippen molar-refractivity contribution in [1.82, 2.24) is 4.98 Å². The Morgan fingerprint density at radius 3 is 2.52 bits per heavy atom. The predicted octanol–water partition coefficient (Wildman–Crippen LogP) is 6.23. The summed E-state index contributed by atoms with van der Waals surface area (Å²) >= 11 is 8.20. The van der Waals surface area contributed by atoms with Gasteiger partial charge in [-0.2, -0.15) is 13.2 Å². The third kappa shape index (κ3) is 5.62. The number of alkyl halides is 3. The Morgan fingerprint density at radius 2 is 1.80 bits per heavy atom. The van der Waals surface area contributed by atoms with Crippen LogP contribution in [0.5, 0.6) is 5.75 Å². The van der Waals surface area contributed by atoms with Gasteiger partial charge in [-0.3, -0.25) is 19.2 Å². The molecule has 0 radical (unpaired) electrons. The number of halogens is 4. The molecule has 3 heterocycles. The van der Waals surface area contributed by atoms with Gasteiger partial charge in [0.1, 0.15) is 11.0 Å². The van der Waals surface area contributed by atoms with Crippen molar-refractivity contribution < 1.29 is 32.3 Å². The lowest BCUT2D eigenvalue weighted by Gasteiger charge is -2.31. The average Bonchev–Trinajstić information content (AvgIpc) is 3.47. The minimum Gasteiger partial charge on any atom is -0.483 e. The lowest BCUT2D eigenvalue weighted by atomic mass is 9.82. The van der Waals surface area contributed by atoms with E-state index in [0.29, 0.717) is 21.2 Å². The van der Waals surface area contributed by atoms with Crippen LogP contribution in [0.3, 0.4) is 0 Å². The van der Waals surface area contributed by atoms with Crippen LogP contribution in [-0.4, -0.2) is 34.6 Å². The van der Waals surface area contributed by atoms with Gasteiger partial charge < -0.3 is 15.0 Å². The van der Waals surface area contributed by atoms with E-state index >= 15 is 0 Å². The summed E-state index contributed by atoms with van der Waals surface area (Å²) in [6, 6.07) is 15.8. The van der Waals surface area contributed by atoms with E-state index in [-0.39, 0.29) is 16.5 Å². The summed E-state index contributed by atoms with van der Waals surface area (Å²) < 4.78 is 46.3. The van der Waals surface area contributed by atoms with Gasteiger partial charge >= 0.3 is 11.0 Å². The number of aryl methyl sites for hydroxylation is 1. The smallest absolute Gasteiger partial charge is 0.416 e. The first-order chi connectivity index (χ1) is 20.9. The van der Waals surface area contributed by atoms with Crippen molar-refractivity contribution in [3.63, 3.8) is 0 Å². The minimum absolute atomic E-state index is 0.189. The van der Waals surface area contributed by atoms with E-state index in [1.807, 2.05) is 19.1 Å². The molecule has 4 aromatic rings. The second-order valence-electron chi connectivity index (χ2n) is 10.2. The summed E-state index contributed by atoms with van der Waals surface area (Å²) in [4.78, 5) is 56.3. The lowest BCUT2D eigenvalue weighted by Crippen LogP contribution is -2.32. The van der Waals surface area contributed by atoms with Crippen LogP contribution in [0.15, 0.2) is 76.6 Å². The van der Waals surface area contributed by atoms with E-state index in [1.165, 1.54) is 24.3 Å². The Hall–Kier alpha value is -4.07. The van der Waals surface area contributed by atoms with Gasteiger partial charge in [0.25, 0.3) is 5.91 Å². The molecule has 226 valence electrons. The Morgan fingerprint density at radius 1 is 1.05 bits per heavy atom. The quantitative estimate of drug-likeness (QED) is 0.238. The number of nitrogens with one attached hydrogen (secondary N) is 2. The maximum atomic E-state index is 14.0. The Bertz CT molecular complexity index is 1860. The molecule has 3 atom stereocenters. The van der Waals surface area contributed by atoms with Crippen LogP contribution in [0.2, 0.25) is 5.02 Å². The van der Waals surface area contributed by atoms with Crippen molar-refractivity contribution in [1.29, 1.82) is 0 Å². The van der Waals surface area contributed by atoms with Crippen molar-refractivity contribution in [2.24, 2.45) is 5.92 Å². The maximum absolute atomic E-state index is 14.0. The first-order valence-electron chi connectivity index (χ1n) is 13.1. The molecule has 1 saturated heterocycles. The molecule has 2 N–H and O–H groups in total. The third-order valence-corrected chi connectivity index (χ3v) is 9.89. The van der Waals surface area contributed by atoms with Crippen LogP contribution in [-0.2, 0) is 20.6 Å². The summed E-state index contributed by atoms with van der Waals surface area (Å²) in [5.74, 6) is -3.75. The number of carbonyl (C=O) groups excluding carboxylic acids is 3. The molecule has 2 aliphatic heterocycles. The zero-order chi connectivity index (χ0) is 31.3. The molecule has 3 aromatic carbocycles. The van der Waals surface area contributed by atoms with Crippen LogP contribution in [0.25, 0.3) is 0 Å². The summed E-state index contributed by atoms with van der Waals surface area (Å²) in [6.07, 6.45) is -4.69. The first-order valence-corrected chi connectivity index (χ1v) is 15.2. The molecule has 2 aliphatic rings. The number of thiazole rings is 1. The van der Waals surface area contributed by atoms with E-state index in [1.54, 1.807) is 12.1 Å². The summed E-state index contributed by atoms with van der Waals surface area (Å²) in [5, 5.41) is 2.30. The zero-order valence-corrected chi connectivity index (χ0v) is 25.0. The van der Waals surface area contributed by atoms with Gasteiger partial charge in [0.2, 0.25) is 11.8 Å². The maximum Gasteiger partial charge on any atom is 0.416 e. The number of hydrogen-bond acceptors (Lipinski definition) is 7. The van der Waals surface area contributed by atoms with E-state index in [4.69, 9.17) is 16.3 Å². The molecule has 0 saturated carbocycles. The SMILES string of the molecule is Cc1ccc(NC(=O)COc2ccc(Cl)cc2[C@H]2c3sc(=O)[nH]c3SC3C(=O)N(c4cccc(C(F)(F)F)c4)C(=O)C32)cc1. The highest BCUT2D eigenvalue weighted by atomic mass is 35.5. The molecule has 0 aliphatic carbocycles. The molecule has 3 amide bonds. The average molecular weight is 660 g/mol. The highest BCUT2D eigenvalue weighted by Crippen LogP contribution is 2.55. The molecule has 14 heteroatoms. The van der Waals surface area contributed by atoms with Gasteiger partial charge in [0, 0.05) is 27.1 Å². The number of carbonyl (C=O) groups is 3. The van der Waals surface area contributed by atoms with Gasteiger partial charge in [-0.15, -0.1) is 0 Å². The van der Waals surface area contributed by atoms with Crippen LogP contribution in [0.4, 0.5) is 24.5 Å². The number of aromatic nitrogens is 1. The monoisotopic (exact) mass is 659 g/mol. The van der Waals surface area contributed by atoms with Crippen molar-refractivity contribution in [2.45, 2.75) is 29.3 Å². The van der Waals surface area contributed by atoms with Crippen LogP contribution >= 0.6 is 34.7 Å². The number of fused-ring (bicyclic) bond motifs is 2. The fourth-order valence-electron chi connectivity index (χ4n) is 5.30. The molecule has 1 fully saturated rings. The van der Waals surface area contributed by atoms with Crippen molar-refractivity contribution in [2.75, 3.05) is 16.8 Å². The molecule has 0 bridgehead atoms. The van der Waals surface area contributed by atoms with E-state index in [9.17, 15) is 32.3 Å². The van der Waals surface area contributed by atoms with E-state index < -0.39 is 58.0 Å². The summed E-state index contributed by atoms with van der Waals surface area (Å²) in [7, 11) is 0. The number of amides is 3. The molecular weight excluding hydrogens is 639 g/mol. The number of anilines is 2. The number of benzene rings is 3. The van der Waals surface area contributed by atoms with E-state index in [0.717, 1.165) is 51.8 Å². The van der Waals surface area contributed by atoms with Gasteiger partial charge in [0.15, 0.2) is 6.61 Å². The topological polar surface area (TPSA) is 109 Å². The molecule has 44 heavy (non-hydrogen) atoms. The van der Waals surface area contributed by atoms with Crippen LogP contribution < -0.4 is 19.8 Å². The Kier molecular flexibility index (Phi) is 7.80. The molecule has 2 unspecified atom stereocenters. The highest BCUT2D eigenvalue weighted by molar-refractivity contribution is 8.00. The normalized spacial score (nSPS) is 19.5. The van der Waals surface area contributed by atoms with Crippen molar-refractivity contribution in [3.8, 4) is 5.75 Å². The fourth-order valence-corrected chi connectivity index (χ4v) is 7.99. The third-order valence-electron chi connectivity index (χ3n) is 7.26. The van der Waals surface area contributed by atoms with Gasteiger partial charge in [-0.05, 0) is 55.5 Å². The second kappa shape index (κ2) is 11.5. The fraction of sp³-hybridized carbons (Fsp3) is 0.200. The standard InChI is InChI=1S/C30H21ClF3N3O5S2/c1-14-5-8-17(9-6-14)35-21(38)13-42-20-10-7-16(31)12-19(20)22-23-25(43-26-24(22)44-29(41)36-26)28(40)37(27(23)39)18-4-2-3-15(11-18)30(32,33)34/h2-12,22-23,25H,13H2,1H3,(H,35,38)(H,36,41)/t22-,23?,25?/m1/s1. The Labute approximate surface area is 261 Å². The molecule has 0 spiro atoms. The number of ether oxygens (including phenoxy) is 1. The number of H-pyrrole nitrogens is 1. The zero-order valence-electron chi connectivity index (χ0n) is 22.6. The first kappa shape index (κ1) is 30.0. The lowest BCUT2D eigenvalue weighted by molar-refractivity contribution is -0.137. The van der Waals surface area contributed by atoms with Gasteiger partial charge in [-0.1, -0.05) is 58.5 Å². The highest BCUT2D eigenvalue weighted by Gasteiger charge is 2.57. The number of rotatable bonds is 6. The van der Waals surface area contributed by atoms with Crippen LogP contribution in [0.1, 0.15) is 27.5 Å². The van der Waals surface area contributed by atoms with E-state index in [2.05, 4.69) is 10.3 Å².